The van der Waals surface area contributed by atoms with Crippen LogP contribution in [0.2, 0.25) is 0 Å². The van der Waals surface area contributed by atoms with Gasteiger partial charge in [0.05, 0.1) is 6.61 Å². The Morgan fingerprint density at radius 2 is 2.15 bits per heavy atom. The first-order valence-electron chi connectivity index (χ1n) is 6.90. The van der Waals surface area contributed by atoms with Gasteiger partial charge in [-0.2, -0.15) is 0 Å². The maximum Gasteiger partial charge on any atom is 0.270 e. The molecule has 1 saturated heterocycles. The summed E-state index contributed by atoms with van der Waals surface area (Å²) in [7, 11) is 1.69. The van der Waals surface area contributed by atoms with Crippen LogP contribution in [0.1, 0.15) is 16.9 Å². The van der Waals surface area contributed by atoms with E-state index in [0.29, 0.717) is 18.8 Å². The van der Waals surface area contributed by atoms with Gasteiger partial charge in [-0.25, -0.2) is 0 Å². The van der Waals surface area contributed by atoms with Gasteiger partial charge in [0, 0.05) is 39.4 Å². The predicted octanol–water partition coefficient (Wildman–Crippen LogP) is 0.169. The number of carbonyl (C=O) groups is 1. The highest BCUT2D eigenvalue weighted by atomic mass is 16.5. The number of nitrogens with one attached hydrogen (secondary N) is 1. The Balaban J connectivity index is 1.96. The maximum absolute atomic E-state index is 12.3. The van der Waals surface area contributed by atoms with E-state index in [4.69, 9.17) is 4.74 Å². The third kappa shape index (κ3) is 3.91. The second-order valence-electron chi connectivity index (χ2n) is 4.91. The summed E-state index contributed by atoms with van der Waals surface area (Å²) in [6, 6.07) is 4.66. The standard InChI is InChI=1S/C14H21N3O3/c1-20-11-10-16-6-3-7-17(9-8-16)14(19)12-4-2-5-13(18)15-12/h2,4-5H,3,6-11H2,1H3,(H,15,18). The largest absolute Gasteiger partial charge is 0.383 e. The third-order valence-corrected chi connectivity index (χ3v) is 3.49. The molecule has 1 fully saturated rings. The zero-order valence-electron chi connectivity index (χ0n) is 11.8. The van der Waals surface area contributed by atoms with Crippen molar-refractivity contribution >= 4 is 5.91 Å². The zero-order chi connectivity index (χ0) is 14.4. The SMILES string of the molecule is COCCN1CCCN(C(=O)c2cccc(=O)[nH]2)CC1. The van der Waals surface area contributed by atoms with Crippen LogP contribution in [0.3, 0.4) is 0 Å². The Bertz CT molecular complexity index is 500. The van der Waals surface area contributed by atoms with Crippen molar-refractivity contribution in [3.05, 3.63) is 34.2 Å². The van der Waals surface area contributed by atoms with E-state index in [2.05, 4.69) is 9.88 Å². The fraction of sp³-hybridized carbons (Fsp3) is 0.571. The number of pyridine rings is 1. The minimum absolute atomic E-state index is 0.101. The smallest absolute Gasteiger partial charge is 0.270 e. The van der Waals surface area contributed by atoms with E-state index in [9.17, 15) is 9.59 Å². The lowest BCUT2D eigenvalue weighted by Gasteiger charge is -2.21. The van der Waals surface area contributed by atoms with E-state index in [-0.39, 0.29) is 11.5 Å². The lowest BCUT2D eigenvalue weighted by Crippen LogP contribution is -2.36. The molecule has 1 aromatic heterocycles. The summed E-state index contributed by atoms with van der Waals surface area (Å²) >= 11 is 0. The van der Waals surface area contributed by atoms with E-state index < -0.39 is 0 Å². The van der Waals surface area contributed by atoms with E-state index >= 15 is 0 Å². The molecular formula is C14H21N3O3. The lowest BCUT2D eigenvalue weighted by molar-refractivity contribution is 0.0753. The van der Waals surface area contributed by atoms with Crippen LogP contribution in [-0.4, -0.2) is 67.1 Å². The molecule has 1 aromatic rings. The van der Waals surface area contributed by atoms with Crippen molar-refractivity contribution in [1.82, 2.24) is 14.8 Å². The molecule has 0 aromatic carbocycles. The quantitative estimate of drug-likeness (QED) is 0.853. The van der Waals surface area contributed by atoms with Crippen LogP contribution in [0.15, 0.2) is 23.0 Å². The van der Waals surface area contributed by atoms with Crippen LogP contribution < -0.4 is 5.56 Å². The van der Waals surface area contributed by atoms with Gasteiger partial charge in [-0.3, -0.25) is 14.5 Å². The number of H-pyrrole nitrogens is 1. The number of hydrogen-bond donors (Lipinski definition) is 1. The van der Waals surface area contributed by atoms with Gasteiger partial charge in [-0.15, -0.1) is 0 Å². The summed E-state index contributed by atoms with van der Waals surface area (Å²) in [6.07, 6.45) is 0.937. The van der Waals surface area contributed by atoms with Crippen LogP contribution >= 0.6 is 0 Å². The normalized spacial score (nSPS) is 16.9. The lowest BCUT2D eigenvalue weighted by atomic mass is 10.3. The van der Waals surface area contributed by atoms with Crippen LogP contribution in [0.4, 0.5) is 0 Å². The average molecular weight is 279 g/mol. The molecule has 0 radical (unpaired) electrons. The predicted molar refractivity (Wildman–Crippen MR) is 75.9 cm³/mol. The van der Waals surface area contributed by atoms with Crippen molar-refractivity contribution in [2.24, 2.45) is 0 Å². The molecule has 1 aliphatic heterocycles. The van der Waals surface area contributed by atoms with E-state index in [1.165, 1.54) is 6.07 Å². The van der Waals surface area contributed by atoms with Gasteiger partial charge in [-0.05, 0) is 19.0 Å². The molecular weight excluding hydrogens is 258 g/mol. The number of ether oxygens (including phenoxy) is 1. The summed E-state index contributed by atoms with van der Waals surface area (Å²) in [5.74, 6) is -0.101. The van der Waals surface area contributed by atoms with Gasteiger partial charge < -0.3 is 14.6 Å². The fourth-order valence-corrected chi connectivity index (χ4v) is 2.36. The number of methoxy groups -OCH3 is 1. The molecule has 0 atom stereocenters. The van der Waals surface area contributed by atoms with Gasteiger partial charge in [0.15, 0.2) is 0 Å². The summed E-state index contributed by atoms with van der Waals surface area (Å²) in [5.41, 5.74) is 0.121. The second kappa shape index (κ2) is 7.21. The number of carbonyl (C=O) groups excluding carboxylic acids is 1. The minimum atomic E-state index is -0.243. The van der Waals surface area contributed by atoms with Crippen molar-refractivity contribution < 1.29 is 9.53 Å². The van der Waals surface area contributed by atoms with Gasteiger partial charge >= 0.3 is 0 Å². The van der Waals surface area contributed by atoms with Gasteiger partial charge in [0.25, 0.3) is 5.91 Å². The Labute approximate surface area is 118 Å². The maximum atomic E-state index is 12.3. The molecule has 2 rings (SSSR count). The Hall–Kier alpha value is -1.66. The molecule has 20 heavy (non-hydrogen) atoms. The molecule has 1 aliphatic rings. The highest BCUT2D eigenvalue weighted by Crippen LogP contribution is 2.06. The molecule has 110 valence electrons. The van der Waals surface area contributed by atoms with Crippen LogP contribution in [-0.2, 0) is 4.74 Å². The van der Waals surface area contributed by atoms with E-state index in [1.807, 2.05) is 0 Å². The number of amides is 1. The number of aromatic amines is 1. The van der Waals surface area contributed by atoms with Gasteiger partial charge in [0.2, 0.25) is 5.56 Å². The van der Waals surface area contributed by atoms with Crippen LogP contribution in [0.25, 0.3) is 0 Å². The minimum Gasteiger partial charge on any atom is -0.383 e. The molecule has 1 N–H and O–H groups in total. The molecule has 0 spiro atoms. The van der Waals surface area contributed by atoms with E-state index in [1.54, 1.807) is 24.1 Å². The molecule has 0 saturated carbocycles. The highest BCUT2D eigenvalue weighted by molar-refractivity contribution is 5.92. The van der Waals surface area contributed by atoms with Crippen molar-refractivity contribution in [2.75, 3.05) is 46.4 Å². The summed E-state index contributed by atoms with van der Waals surface area (Å²) < 4.78 is 5.08. The fourth-order valence-electron chi connectivity index (χ4n) is 2.36. The molecule has 6 heteroatoms. The third-order valence-electron chi connectivity index (χ3n) is 3.49. The molecule has 1 amide bonds. The number of nitrogens with zero attached hydrogens (tertiary/aromatic N) is 2. The monoisotopic (exact) mass is 279 g/mol. The number of aromatic nitrogens is 1. The first kappa shape index (κ1) is 14.7. The highest BCUT2D eigenvalue weighted by Gasteiger charge is 2.20. The van der Waals surface area contributed by atoms with E-state index in [0.717, 1.165) is 32.6 Å². The molecule has 6 nitrogen and oxygen atoms in total. The summed E-state index contributed by atoms with van der Waals surface area (Å²) in [5, 5.41) is 0. The van der Waals surface area contributed by atoms with Gasteiger partial charge in [0.1, 0.15) is 5.69 Å². The van der Waals surface area contributed by atoms with Crippen molar-refractivity contribution in [1.29, 1.82) is 0 Å². The number of hydrogen-bond acceptors (Lipinski definition) is 4. The van der Waals surface area contributed by atoms with Crippen LogP contribution in [0, 0.1) is 0 Å². The molecule has 2 heterocycles. The molecule has 0 unspecified atom stereocenters. The van der Waals surface area contributed by atoms with Crippen molar-refractivity contribution in [3.63, 3.8) is 0 Å². The summed E-state index contributed by atoms with van der Waals surface area (Å²) in [6.45, 7) is 4.81. The molecule has 0 bridgehead atoms. The molecule has 0 aliphatic carbocycles. The topological polar surface area (TPSA) is 65.6 Å². The summed E-state index contributed by atoms with van der Waals surface area (Å²) in [4.78, 5) is 30.3. The average Bonchev–Trinajstić information content (AvgIpc) is 2.70. The number of rotatable bonds is 4. The Morgan fingerprint density at radius 3 is 2.90 bits per heavy atom. The van der Waals surface area contributed by atoms with Crippen molar-refractivity contribution in [2.45, 2.75) is 6.42 Å². The van der Waals surface area contributed by atoms with Gasteiger partial charge in [-0.1, -0.05) is 6.07 Å². The first-order chi connectivity index (χ1) is 9.70. The Kier molecular flexibility index (Phi) is 5.31. The zero-order valence-corrected chi connectivity index (χ0v) is 11.8. The van der Waals surface area contributed by atoms with Crippen LogP contribution in [0.5, 0.6) is 0 Å². The first-order valence-corrected chi connectivity index (χ1v) is 6.90. The Morgan fingerprint density at radius 1 is 1.30 bits per heavy atom. The second-order valence-corrected chi connectivity index (χ2v) is 4.91. The van der Waals surface area contributed by atoms with Crippen molar-refractivity contribution in [3.8, 4) is 0 Å².